The number of halogens is 1. The summed E-state index contributed by atoms with van der Waals surface area (Å²) in [6.07, 6.45) is 0. The normalized spacial score (nSPS) is 10.9. The Morgan fingerprint density at radius 2 is 1.77 bits per heavy atom. The lowest BCUT2D eigenvalue weighted by Crippen LogP contribution is -2.16. The van der Waals surface area contributed by atoms with Crippen molar-refractivity contribution in [1.82, 2.24) is 25.5 Å². The van der Waals surface area contributed by atoms with Gasteiger partial charge in [0.25, 0.3) is 0 Å². The summed E-state index contributed by atoms with van der Waals surface area (Å²) in [6, 6.07) is 25.7. The summed E-state index contributed by atoms with van der Waals surface area (Å²) in [4.78, 5) is 0. The lowest BCUT2D eigenvalue weighted by molar-refractivity contribution is 0.306. The first kappa shape index (κ1) is 21.4. The van der Waals surface area contributed by atoms with Crippen LogP contribution < -0.4 is 10.1 Å². The van der Waals surface area contributed by atoms with E-state index in [0.717, 1.165) is 46.0 Å². The zero-order valence-electron chi connectivity index (χ0n) is 16.8. The van der Waals surface area contributed by atoms with Crippen LogP contribution >= 0.6 is 23.4 Å². The molecule has 31 heavy (non-hydrogen) atoms. The highest BCUT2D eigenvalue weighted by Crippen LogP contribution is 2.18. The summed E-state index contributed by atoms with van der Waals surface area (Å²) < 4.78 is 7.66. The van der Waals surface area contributed by atoms with Gasteiger partial charge < -0.3 is 10.1 Å². The van der Waals surface area contributed by atoms with Crippen LogP contribution in [0, 0.1) is 0 Å². The second-order valence-corrected chi connectivity index (χ2v) is 8.30. The number of tetrazole rings is 1. The molecule has 4 rings (SSSR count). The first-order chi connectivity index (χ1) is 15.3. The third kappa shape index (κ3) is 6.30. The molecular formula is C23H22ClN5OS. The molecule has 0 saturated carbocycles. The van der Waals surface area contributed by atoms with E-state index in [1.54, 1.807) is 16.4 Å². The van der Waals surface area contributed by atoms with E-state index in [1.165, 1.54) is 5.56 Å². The Hall–Kier alpha value is -2.87. The van der Waals surface area contributed by atoms with Crippen LogP contribution in [0.25, 0.3) is 5.69 Å². The fourth-order valence-corrected chi connectivity index (χ4v) is 3.85. The molecule has 0 spiro atoms. The van der Waals surface area contributed by atoms with Crippen LogP contribution in [-0.2, 0) is 13.2 Å². The van der Waals surface area contributed by atoms with Gasteiger partial charge in [0.15, 0.2) is 0 Å². The Kier molecular flexibility index (Phi) is 7.55. The molecular weight excluding hydrogens is 430 g/mol. The lowest BCUT2D eigenvalue weighted by Gasteiger charge is -2.09. The van der Waals surface area contributed by atoms with Crippen molar-refractivity contribution >= 4 is 23.4 Å². The molecule has 3 aromatic carbocycles. The molecule has 0 atom stereocenters. The van der Waals surface area contributed by atoms with Gasteiger partial charge in [0.1, 0.15) is 12.4 Å². The van der Waals surface area contributed by atoms with Gasteiger partial charge >= 0.3 is 0 Å². The van der Waals surface area contributed by atoms with Gasteiger partial charge in [-0.25, -0.2) is 0 Å². The van der Waals surface area contributed by atoms with Gasteiger partial charge in [-0.05, 0) is 58.0 Å². The summed E-state index contributed by atoms with van der Waals surface area (Å²) in [5.41, 5.74) is 3.22. The van der Waals surface area contributed by atoms with Gasteiger partial charge in [-0.3, -0.25) is 0 Å². The summed E-state index contributed by atoms with van der Waals surface area (Å²) in [5.74, 6) is 1.71. The summed E-state index contributed by atoms with van der Waals surface area (Å²) >= 11 is 7.55. The zero-order chi connectivity index (χ0) is 21.3. The van der Waals surface area contributed by atoms with Crippen molar-refractivity contribution in [1.29, 1.82) is 0 Å². The van der Waals surface area contributed by atoms with Crippen LogP contribution in [-0.4, -0.2) is 32.5 Å². The largest absolute Gasteiger partial charge is 0.489 e. The minimum Gasteiger partial charge on any atom is -0.489 e. The molecule has 8 heteroatoms. The molecule has 0 bridgehead atoms. The summed E-state index contributed by atoms with van der Waals surface area (Å²) in [6.45, 7) is 2.12. The third-order valence-corrected chi connectivity index (χ3v) is 5.67. The first-order valence-corrected chi connectivity index (χ1v) is 11.3. The number of nitrogens with zero attached hydrogens (tertiary/aromatic N) is 4. The van der Waals surface area contributed by atoms with E-state index in [4.69, 9.17) is 16.3 Å². The van der Waals surface area contributed by atoms with Gasteiger partial charge in [-0.2, -0.15) is 4.68 Å². The Balaban J connectivity index is 1.21. The molecule has 1 N–H and O–H groups in total. The summed E-state index contributed by atoms with van der Waals surface area (Å²) in [7, 11) is 0. The number of hydrogen-bond donors (Lipinski definition) is 1. The highest BCUT2D eigenvalue weighted by atomic mass is 35.5. The number of rotatable bonds is 10. The molecule has 0 saturated heterocycles. The molecule has 4 aromatic rings. The second-order valence-electron chi connectivity index (χ2n) is 6.80. The van der Waals surface area contributed by atoms with Crippen molar-refractivity contribution < 1.29 is 4.74 Å². The van der Waals surface area contributed by atoms with Crippen LogP contribution in [0.1, 0.15) is 11.1 Å². The van der Waals surface area contributed by atoms with Crippen molar-refractivity contribution in [3.63, 3.8) is 0 Å². The molecule has 0 aliphatic heterocycles. The predicted molar refractivity (Wildman–Crippen MR) is 124 cm³/mol. The van der Waals surface area contributed by atoms with Crippen molar-refractivity contribution in [2.24, 2.45) is 0 Å². The number of para-hydroxylation sites is 1. The van der Waals surface area contributed by atoms with Crippen molar-refractivity contribution in [2.75, 3.05) is 12.3 Å². The lowest BCUT2D eigenvalue weighted by atomic mass is 10.2. The van der Waals surface area contributed by atoms with Gasteiger partial charge in [0.2, 0.25) is 5.16 Å². The zero-order valence-corrected chi connectivity index (χ0v) is 18.4. The number of benzene rings is 3. The SMILES string of the molecule is Clc1ccc(COc2cccc(CNCCSc3nnnn3-c3ccccc3)c2)cc1. The predicted octanol–water partition coefficient (Wildman–Crippen LogP) is 4.78. The van der Waals surface area contributed by atoms with Crippen LogP contribution in [0.5, 0.6) is 5.75 Å². The Morgan fingerprint density at radius 1 is 0.935 bits per heavy atom. The van der Waals surface area contributed by atoms with Gasteiger partial charge in [-0.15, -0.1) is 5.10 Å². The minimum atomic E-state index is 0.515. The summed E-state index contributed by atoms with van der Waals surface area (Å²) in [5, 5.41) is 17.0. The van der Waals surface area contributed by atoms with Crippen molar-refractivity contribution in [3.8, 4) is 11.4 Å². The van der Waals surface area contributed by atoms with E-state index >= 15 is 0 Å². The van der Waals surface area contributed by atoms with Crippen molar-refractivity contribution in [2.45, 2.75) is 18.3 Å². The standard InChI is InChI=1S/C23H22ClN5OS/c24-20-11-9-18(10-12-20)17-30-22-8-4-5-19(15-22)16-25-13-14-31-23-26-27-28-29(23)21-6-2-1-3-7-21/h1-12,15,25H,13-14,16-17H2. The van der Waals surface area contributed by atoms with E-state index in [0.29, 0.717) is 6.61 Å². The molecule has 0 amide bonds. The van der Waals surface area contributed by atoms with Gasteiger partial charge in [0.05, 0.1) is 5.69 Å². The van der Waals surface area contributed by atoms with Crippen LogP contribution in [0.3, 0.4) is 0 Å². The second kappa shape index (κ2) is 10.9. The van der Waals surface area contributed by atoms with Gasteiger partial charge in [-0.1, -0.05) is 65.8 Å². The Bertz CT molecular complexity index is 1090. The molecule has 1 heterocycles. The highest BCUT2D eigenvalue weighted by Gasteiger charge is 2.08. The van der Waals surface area contributed by atoms with Crippen molar-refractivity contribution in [3.05, 3.63) is 95.0 Å². The molecule has 1 aromatic heterocycles. The molecule has 158 valence electrons. The van der Waals surface area contributed by atoms with Crippen LogP contribution in [0.15, 0.2) is 84.0 Å². The fourth-order valence-electron chi connectivity index (χ4n) is 2.94. The topological polar surface area (TPSA) is 64.9 Å². The number of aromatic nitrogens is 4. The van der Waals surface area contributed by atoms with E-state index in [-0.39, 0.29) is 0 Å². The first-order valence-electron chi connectivity index (χ1n) is 9.91. The van der Waals surface area contributed by atoms with E-state index < -0.39 is 0 Å². The maximum Gasteiger partial charge on any atom is 0.214 e. The number of thioether (sulfide) groups is 1. The average molecular weight is 452 g/mol. The quantitative estimate of drug-likeness (QED) is 0.276. The fraction of sp³-hybridized carbons (Fsp3) is 0.174. The molecule has 6 nitrogen and oxygen atoms in total. The van der Waals surface area contributed by atoms with Gasteiger partial charge in [0, 0.05) is 23.9 Å². The monoisotopic (exact) mass is 451 g/mol. The maximum atomic E-state index is 5.93. The Morgan fingerprint density at radius 3 is 2.61 bits per heavy atom. The highest BCUT2D eigenvalue weighted by molar-refractivity contribution is 7.99. The molecule has 0 radical (unpaired) electrons. The molecule has 0 unspecified atom stereocenters. The smallest absolute Gasteiger partial charge is 0.214 e. The number of hydrogen-bond acceptors (Lipinski definition) is 6. The minimum absolute atomic E-state index is 0.515. The number of nitrogens with one attached hydrogen (secondary N) is 1. The molecule has 0 aliphatic rings. The number of ether oxygens (including phenoxy) is 1. The average Bonchev–Trinajstić information content (AvgIpc) is 3.28. The third-order valence-electron chi connectivity index (χ3n) is 4.50. The van der Waals surface area contributed by atoms with Crippen LogP contribution in [0.2, 0.25) is 5.02 Å². The van der Waals surface area contributed by atoms with E-state index in [9.17, 15) is 0 Å². The molecule has 0 fully saturated rings. The van der Waals surface area contributed by atoms with Crippen LogP contribution in [0.4, 0.5) is 0 Å². The maximum absolute atomic E-state index is 5.93. The Labute approximate surface area is 190 Å². The van der Waals surface area contributed by atoms with E-state index in [2.05, 4.69) is 33.0 Å². The molecule has 0 aliphatic carbocycles. The van der Waals surface area contributed by atoms with E-state index in [1.807, 2.05) is 66.7 Å².